The molecule has 0 aromatic carbocycles. The lowest BCUT2D eigenvalue weighted by Crippen LogP contribution is -2.37. The molecule has 0 saturated heterocycles. The minimum atomic E-state index is -0.675. The second-order valence-corrected chi connectivity index (χ2v) is 7.67. The molecule has 0 aliphatic carbocycles. The standard InChI is InChI=1S/C21H27N9O4/c1-28-9-12(22)6-15(28)19(32)26-14-8-17(30(3)11-14)20(33)27-13-7-16(29(2)10-13)18(31)24-4-5-25-21(23)34/h6-11H,4-5,22H2,1-3H3,(H,24,31)(H,26,32)(H,27,33)(H3,23,25,34). The molecule has 0 aliphatic rings. The molecule has 0 aliphatic heterocycles. The third-order valence-electron chi connectivity index (χ3n) is 4.96. The van der Waals surface area contributed by atoms with Crippen molar-refractivity contribution in [2.75, 3.05) is 29.5 Å². The number of aromatic nitrogens is 3. The van der Waals surface area contributed by atoms with E-state index in [9.17, 15) is 19.2 Å². The minimum Gasteiger partial charge on any atom is -0.397 e. The molecule has 0 bridgehead atoms. The Morgan fingerprint density at radius 1 is 0.706 bits per heavy atom. The smallest absolute Gasteiger partial charge is 0.312 e. The van der Waals surface area contributed by atoms with E-state index >= 15 is 0 Å². The number of amides is 5. The van der Waals surface area contributed by atoms with Gasteiger partial charge in [-0.3, -0.25) is 14.4 Å². The van der Waals surface area contributed by atoms with Crippen molar-refractivity contribution in [1.82, 2.24) is 24.3 Å². The summed E-state index contributed by atoms with van der Waals surface area (Å²) < 4.78 is 4.75. The van der Waals surface area contributed by atoms with Gasteiger partial charge in [-0.1, -0.05) is 0 Å². The Kier molecular flexibility index (Phi) is 6.95. The topological polar surface area (TPSA) is 183 Å². The zero-order valence-electron chi connectivity index (χ0n) is 19.0. The molecule has 0 unspecified atom stereocenters. The molecular formula is C21H27N9O4. The zero-order valence-corrected chi connectivity index (χ0v) is 19.0. The van der Waals surface area contributed by atoms with Crippen LogP contribution >= 0.6 is 0 Å². The Morgan fingerprint density at radius 2 is 1.15 bits per heavy atom. The summed E-state index contributed by atoms with van der Waals surface area (Å²) in [5.41, 5.74) is 13.0. The van der Waals surface area contributed by atoms with Gasteiger partial charge in [0, 0.05) is 52.8 Å². The van der Waals surface area contributed by atoms with Gasteiger partial charge in [-0.05, 0) is 18.2 Å². The van der Waals surface area contributed by atoms with Crippen LogP contribution in [-0.4, -0.2) is 50.5 Å². The summed E-state index contributed by atoms with van der Waals surface area (Å²) in [6.07, 6.45) is 4.84. The average molecular weight is 470 g/mol. The quantitative estimate of drug-likeness (QED) is 0.257. The Morgan fingerprint density at radius 3 is 1.62 bits per heavy atom. The van der Waals surface area contributed by atoms with Crippen LogP contribution < -0.4 is 32.7 Å². The Labute approximate surface area is 195 Å². The fourth-order valence-electron chi connectivity index (χ4n) is 3.38. The summed E-state index contributed by atoms with van der Waals surface area (Å²) in [5, 5.41) is 10.5. The number of nitrogens with zero attached hydrogens (tertiary/aromatic N) is 3. The van der Waals surface area contributed by atoms with Crippen molar-refractivity contribution < 1.29 is 19.2 Å². The van der Waals surface area contributed by atoms with Crippen LogP contribution in [0.15, 0.2) is 36.8 Å². The van der Waals surface area contributed by atoms with Gasteiger partial charge in [0.05, 0.1) is 17.1 Å². The molecule has 3 aromatic rings. The van der Waals surface area contributed by atoms with E-state index in [1.165, 1.54) is 6.07 Å². The van der Waals surface area contributed by atoms with Crippen LogP contribution in [0.4, 0.5) is 21.9 Å². The van der Waals surface area contributed by atoms with Crippen molar-refractivity contribution in [2.24, 2.45) is 26.9 Å². The number of urea groups is 1. The largest absolute Gasteiger partial charge is 0.397 e. The van der Waals surface area contributed by atoms with E-state index in [2.05, 4.69) is 21.3 Å². The molecule has 13 nitrogen and oxygen atoms in total. The van der Waals surface area contributed by atoms with E-state index in [4.69, 9.17) is 11.5 Å². The predicted octanol–water partition coefficient (Wildman–Crippen LogP) is 0.187. The lowest BCUT2D eigenvalue weighted by molar-refractivity contribution is 0.0944. The van der Waals surface area contributed by atoms with Gasteiger partial charge in [-0.2, -0.15) is 0 Å². The number of primary amides is 1. The maximum absolute atomic E-state index is 12.8. The van der Waals surface area contributed by atoms with Gasteiger partial charge < -0.3 is 46.4 Å². The van der Waals surface area contributed by atoms with Crippen LogP contribution in [-0.2, 0) is 21.1 Å². The molecule has 0 spiro atoms. The summed E-state index contributed by atoms with van der Waals surface area (Å²) in [5.74, 6) is -1.16. The lowest BCUT2D eigenvalue weighted by Gasteiger charge is -2.05. The number of aryl methyl sites for hydroxylation is 3. The molecule has 8 N–H and O–H groups in total. The molecule has 3 heterocycles. The van der Waals surface area contributed by atoms with E-state index in [-0.39, 0.29) is 24.9 Å². The van der Waals surface area contributed by atoms with E-state index < -0.39 is 11.9 Å². The monoisotopic (exact) mass is 469 g/mol. The number of nitrogens with one attached hydrogen (secondary N) is 4. The summed E-state index contributed by atoms with van der Waals surface area (Å²) in [6.45, 7) is 0.390. The van der Waals surface area contributed by atoms with E-state index in [0.717, 1.165) is 0 Å². The lowest BCUT2D eigenvalue weighted by atomic mass is 10.3. The zero-order chi connectivity index (χ0) is 25.0. The number of nitrogen functional groups attached to an aromatic ring is 1. The molecule has 13 heteroatoms. The molecule has 0 fully saturated rings. The molecule has 34 heavy (non-hydrogen) atoms. The van der Waals surface area contributed by atoms with Crippen molar-refractivity contribution in [3.8, 4) is 0 Å². The number of carbonyl (C=O) groups excluding carboxylic acids is 4. The Hall–Kier alpha value is -4.68. The summed E-state index contributed by atoms with van der Waals surface area (Å²) in [6, 6.07) is 3.96. The Bertz CT molecular complexity index is 1250. The summed E-state index contributed by atoms with van der Waals surface area (Å²) in [7, 11) is 5.05. The first-order valence-electron chi connectivity index (χ1n) is 10.2. The maximum atomic E-state index is 12.8. The molecule has 3 rings (SSSR count). The van der Waals surface area contributed by atoms with Crippen LogP contribution in [0.1, 0.15) is 31.5 Å². The number of hydrogen-bond donors (Lipinski definition) is 6. The molecule has 0 saturated carbocycles. The molecular weight excluding hydrogens is 442 g/mol. The van der Waals surface area contributed by atoms with Gasteiger partial charge in [0.25, 0.3) is 17.7 Å². The number of nitrogens with two attached hydrogens (primary N) is 2. The fraction of sp³-hybridized carbons (Fsp3) is 0.238. The van der Waals surface area contributed by atoms with Crippen LogP contribution in [0.5, 0.6) is 0 Å². The van der Waals surface area contributed by atoms with Gasteiger partial charge in [0.2, 0.25) is 0 Å². The van der Waals surface area contributed by atoms with Crippen LogP contribution in [0.25, 0.3) is 0 Å². The van der Waals surface area contributed by atoms with E-state index in [0.29, 0.717) is 34.1 Å². The Balaban J connectivity index is 1.64. The number of rotatable bonds is 8. The number of hydrogen-bond acceptors (Lipinski definition) is 5. The van der Waals surface area contributed by atoms with Gasteiger partial charge in [0.15, 0.2) is 0 Å². The first kappa shape index (κ1) is 24.0. The van der Waals surface area contributed by atoms with Gasteiger partial charge in [-0.15, -0.1) is 0 Å². The molecule has 5 amide bonds. The molecule has 3 aromatic heterocycles. The maximum Gasteiger partial charge on any atom is 0.312 e. The number of carbonyl (C=O) groups is 4. The average Bonchev–Trinajstić information content (AvgIpc) is 3.41. The van der Waals surface area contributed by atoms with Crippen LogP contribution in [0.2, 0.25) is 0 Å². The first-order valence-corrected chi connectivity index (χ1v) is 10.2. The third-order valence-corrected chi connectivity index (χ3v) is 4.96. The minimum absolute atomic E-state index is 0.193. The second-order valence-electron chi connectivity index (χ2n) is 7.67. The van der Waals surface area contributed by atoms with Crippen molar-refractivity contribution in [2.45, 2.75) is 0 Å². The molecule has 180 valence electrons. The normalized spacial score (nSPS) is 10.6. The van der Waals surface area contributed by atoms with Crippen LogP contribution in [0, 0.1) is 0 Å². The number of anilines is 3. The van der Waals surface area contributed by atoms with Crippen molar-refractivity contribution in [1.29, 1.82) is 0 Å². The van der Waals surface area contributed by atoms with E-state index in [1.807, 2.05) is 0 Å². The molecule has 0 radical (unpaired) electrons. The van der Waals surface area contributed by atoms with Crippen molar-refractivity contribution in [3.63, 3.8) is 0 Å². The van der Waals surface area contributed by atoms with Crippen molar-refractivity contribution in [3.05, 3.63) is 53.9 Å². The third kappa shape index (κ3) is 5.56. The highest BCUT2D eigenvalue weighted by Crippen LogP contribution is 2.19. The summed E-state index contributed by atoms with van der Waals surface area (Å²) >= 11 is 0. The molecule has 0 atom stereocenters. The van der Waals surface area contributed by atoms with E-state index in [1.54, 1.807) is 65.6 Å². The van der Waals surface area contributed by atoms with Gasteiger partial charge in [0.1, 0.15) is 17.1 Å². The first-order chi connectivity index (χ1) is 16.0. The highest BCUT2D eigenvalue weighted by molar-refractivity contribution is 6.07. The van der Waals surface area contributed by atoms with Gasteiger partial charge in [-0.25, -0.2) is 4.79 Å². The second kappa shape index (κ2) is 9.85. The SMILES string of the molecule is Cn1cc(NC(=O)c2cc(NC(=O)c3cc(N)cn3C)cn2C)cc1C(=O)NCCNC(N)=O. The van der Waals surface area contributed by atoms with Gasteiger partial charge >= 0.3 is 6.03 Å². The highest BCUT2D eigenvalue weighted by atomic mass is 16.2. The predicted molar refractivity (Wildman–Crippen MR) is 126 cm³/mol. The summed E-state index contributed by atoms with van der Waals surface area (Å²) in [4.78, 5) is 48.3. The van der Waals surface area contributed by atoms with Crippen molar-refractivity contribution >= 4 is 40.8 Å². The van der Waals surface area contributed by atoms with Crippen LogP contribution in [0.3, 0.4) is 0 Å². The fourth-order valence-corrected chi connectivity index (χ4v) is 3.38. The highest BCUT2D eigenvalue weighted by Gasteiger charge is 2.18.